The largest absolute Gasteiger partial charge is 0.344 e. The van der Waals surface area contributed by atoms with Crippen molar-refractivity contribution < 1.29 is 19.2 Å². The highest BCUT2D eigenvalue weighted by molar-refractivity contribution is 6.30. The van der Waals surface area contributed by atoms with E-state index in [1.165, 1.54) is 5.56 Å². The van der Waals surface area contributed by atoms with E-state index in [9.17, 15) is 19.2 Å². The molecule has 5 amide bonds. The predicted molar refractivity (Wildman–Crippen MR) is 133 cm³/mol. The van der Waals surface area contributed by atoms with E-state index in [2.05, 4.69) is 41.9 Å². The molecule has 190 valence electrons. The first-order valence-corrected chi connectivity index (χ1v) is 12.8. The van der Waals surface area contributed by atoms with Crippen molar-refractivity contribution in [3.8, 4) is 0 Å². The Bertz CT molecular complexity index is 1020. The molecule has 0 bridgehead atoms. The molecular formula is C26H35ClN4O4. The Hall–Kier alpha value is -2.61. The van der Waals surface area contributed by atoms with Crippen LogP contribution in [-0.2, 0) is 14.4 Å². The zero-order valence-electron chi connectivity index (χ0n) is 20.8. The molecule has 1 aliphatic carbocycles. The summed E-state index contributed by atoms with van der Waals surface area (Å²) in [5.74, 6) is -0.902. The lowest BCUT2D eigenvalue weighted by Crippen LogP contribution is -2.56. The molecule has 4 unspecified atom stereocenters. The zero-order chi connectivity index (χ0) is 25.5. The number of hydrogen-bond donors (Lipinski definition) is 3. The summed E-state index contributed by atoms with van der Waals surface area (Å²) in [6.45, 7) is 9.41. The van der Waals surface area contributed by atoms with Crippen molar-refractivity contribution in [3.05, 3.63) is 34.9 Å². The monoisotopic (exact) mass is 502 g/mol. The number of hydrogen-bond acceptors (Lipinski definition) is 4. The van der Waals surface area contributed by atoms with Gasteiger partial charge in [0, 0.05) is 24.0 Å². The number of urea groups is 1. The second-order valence-electron chi connectivity index (χ2n) is 11.3. The molecular weight excluding hydrogens is 468 g/mol. The molecule has 3 N–H and O–H groups in total. The van der Waals surface area contributed by atoms with Crippen LogP contribution >= 0.6 is 11.6 Å². The molecule has 3 fully saturated rings. The molecule has 1 saturated carbocycles. The van der Waals surface area contributed by atoms with Crippen LogP contribution in [0.2, 0.25) is 5.02 Å². The van der Waals surface area contributed by atoms with Gasteiger partial charge in [-0.05, 0) is 60.6 Å². The zero-order valence-corrected chi connectivity index (χ0v) is 21.6. The fourth-order valence-electron chi connectivity index (χ4n) is 5.96. The van der Waals surface area contributed by atoms with Crippen LogP contribution in [0.5, 0.6) is 0 Å². The number of imide groups is 1. The summed E-state index contributed by atoms with van der Waals surface area (Å²) in [7, 11) is 0. The lowest BCUT2D eigenvalue weighted by Gasteiger charge is -2.46. The molecule has 1 aromatic carbocycles. The third-order valence-electron chi connectivity index (χ3n) is 7.94. The van der Waals surface area contributed by atoms with Crippen molar-refractivity contribution in [1.29, 1.82) is 0 Å². The molecule has 9 heteroatoms. The van der Waals surface area contributed by atoms with Gasteiger partial charge in [0.05, 0.1) is 0 Å². The van der Waals surface area contributed by atoms with E-state index < -0.39 is 23.5 Å². The molecule has 35 heavy (non-hydrogen) atoms. The minimum atomic E-state index is -1.01. The number of piperidine rings is 1. The highest BCUT2D eigenvalue weighted by Crippen LogP contribution is 2.43. The quantitative estimate of drug-likeness (QED) is 0.537. The van der Waals surface area contributed by atoms with Gasteiger partial charge in [-0.2, -0.15) is 0 Å². The number of likely N-dealkylation sites (tertiary alicyclic amines) is 1. The van der Waals surface area contributed by atoms with Gasteiger partial charge in [-0.25, -0.2) is 4.79 Å². The van der Waals surface area contributed by atoms with Crippen LogP contribution in [0.1, 0.15) is 64.9 Å². The first-order chi connectivity index (χ1) is 16.4. The van der Waals surface area contributed by atoms with Gasteiger partial charge in [0.1, 0.15) is 11.6 Å². The number of nitrogens with zero attached hydrogens (tertiary/aromatic N) is 1. The average molecular weight is 503 g/mol. The van der Waals surface area contributed by atoms with E-state index >= 15 is 0 Å². The van der Waals surface area contributed by atoms with Gasteiger partial charge in [0.25, 0.3) is 5.91 Å². The first-order valence-electron chi connectivity index (χ1n) is 12.4. The number of carbonyl (C=O) groups excluding carboxylic acids is 4. The second-order valence-corrected chi connectivity index (χ2v) is 11.7. The Balaban J connectivity index is 1.41. The number of amides is 5. The molecule has 1 aromatic rings. The summed E-state index contributed by atoms with van der Waals surface area (Å²) in [4.78, 5) is 52.4. The number of carbonyl (C=O) groups is 4. The number of rotatable bonds is 5. The van der Waals surface area contributed by atoms with Crippen molar-refractivity contribution in [3.63, 3.8) is 0 Å². The minimum absolute atomic E-state index is 0.0735. The van der Waals surface area contributed by atoms with E-state index in [1.807, 2.05) is 30.9 Å². The minimum Gasteiger partial charge on any atom is -0.344 e. The lowest BCUT2D eigenvalue weighted by molar-refractivity contribution is -0.141. The average Bonchev–Trinajstić information content (AvgIpc) is 3.33. The molecule has 8 nitrogen and oxygen atoms in total. The lowest BCUT2D eigenvalue weighted by atomic mass is 9.70. The third kappa shape index (κ3) is 5.03. The van der Waals surface area contributed by atoms with Crippen LogP contribution in [0.25, 0.3) is 0 Å². The van der Waals surface area contributed by atoms with Gasteiger partial charge in [-0.3, -0.25) is 19.7 Å². The molecule has 3 aliphatic rings. The maximum atomic E-state index is 13.6. The van der Waals surface area contributed by atoms with Gasteiger partial charge in [0.2, 0.25) is 11.8 Å². The summed E-state index contributed by atoms with van der Waals surface area (Å²) in [5, 5.41) is 8.63. The second kappa shape index (κ2) is 9.45. The van der Waals surface area contributed by atoms with Crippen molar-refractivity contribution in [2.24, 2.45) is 17.3 Å². The van der Waals surface area contributed by atoms with Crippen molar-refractivity contribution in [2.75, 3.05) is 13.1 Å². The Morgan fingerprint density at radius 3 is 2.40 bits per heavy atom. The van der Waals surface area contributed by atoms with Crippen LogP contribution in [0.15, 0.2) is 24.3 Å². The Morgan fingerprint density at radius 1 is 1.14 bits per heavy atom. The van der Waals surface area contributed by atoms with Gasteiger partial charge in [-0.1, -0.05) is 51.4 Å². The summed E-state index contributed by atoms with van der Waals surface area (Å²) >= 11 is 6.06. The third-order valence-corrected chi connectivity index (χ3v) is 8.20. The van der Waals surface area contributed by atoms with Gasteiger partial charge < -0.3 is 15.5 Å². The molecule has 0 aromatic heterocycles. The standard InChI is InChI=1S/C26H35ClN4O4/c1-15(2)20(28-21(32)17-9-11-26(13-17)23(34)29-24(35)30-26)22(33)31-12-10-19(25(3,4)14-31)16-5-7-18(27)8-6-16/h5-8,15,17,19-20H,9-14H2,1-4H3,(H,28,32)(H2,29,30,34,35). The van der Waals surface area contributed by atoms with Gasteiger partial charge in [-0.15, -0.1) is 0 Å². The molecule has 4 rings (SSSR count). The summed E-state index contributed by atoms with van der Waals surface area (Å²) in [5.41, 5.74) is 0.0711. The highest BCUT2D eigenvalue weighted by Gasteiger charge is 2.53. The van der Waals surface area contributed by atoms with Crippen LogP contribution in [-0.4, -0.2) is 53.3 Å². The number of halogens is 1. The molecule has 0 radical (unpaired) electrons. The Labute approximate surface area is 211 Å². The highest BCUT2D eigenvalue weighted by atomic mass is 35.5. The van der Waals surface area contributed by atoms with Gasteiger partial charge >= 0.3 is 6.03 Å². The van der Waals surface area contributed by atoms with Crippen LogP contribution in [0.3, 0.4) is 0 Å². The molecule has 1 spiro atoms. The number of nitrogens with one attached hydrogen (secondary N) is 3. The SMILES string of the molecule is CC(C)C(NC(=O)C1CCC2(C1)NC(=O)NC2=O)C(=O)N1CCC(c2ccc(Cl)cc2)C(C)(C)C1. The van der Waals surface area contributed by atoms with Crippen LogP contribution < -0.4 is 16.0 Å². The van der Waals surface area contributed by atoms with E-state index in [0.29, 0.717) is 36.9 Å². The molecule has 2 aliphatic heterocycles. The smallest absolute Gasteiger partial charge is 0.322 e. The van der Waals surface area contributed by atoms with E-state index in [1.54, 1.807) is 0 Å². The van der Waals surface area contributed by atoms with E-state index in [0.717, 1.165) is 6.42 Å². The molecule has 2 heterocycles. The number of benzene rings is 1. The maximum absolute atomic E-state index is 13.6. The topological polar surface area (TPSA) is 108 Å². The van der Waals surface area contributed by atoms with E-state index in [4.69, 9.17) is 11.6 Å². The normalized spacial score (nSPS) is 28.7. The summed E-state index contributed by atoms with van der Waals surface area (Å²) in [6, 6.07) is 6.77. The van der Waals surface area contributed by atoms with E-state index in [-0.39, 0.29) is 35.5 Å². The fraction of sp³-hybridized carbons (Fsp3) is 0.615. The van der Waals surface area contributed by atoms with Crippen molar-refractivity contribution in [2.45, 2.75) is 70.9 Å². The molecule has 4 atom stereocenters. The molecule has 2 saturated heterocycles. The fourth-order valence-corrected chi connectivity index (χ4v) is 6.08. The maximum Gasteiger partial charge on any atom is 0.322 e. The summed E-state index contributed by atoms with van der Waals surface area (Å²) in [6.07, 6.45) is 1.97. The predicted octanol–water partition coefficient (Wildman–Crippen LogP) is 3.20. The first kappa shape index (κ1) is 25.5. The van der Waals surface area contributed by atoms with Gasteiger partial charge in [0.15, 0.2) is 0 Å². The van der Waals surface area contributed by atoms with Crippen molar-refractivity contribution in [1.82, 2.24) is 20.9 Å². The van der Waals surface area contributed by atoms with Crippen LogP contribution in [0, 0.1) is 17.3 Å². The Kier molecular flexibility index (Phi) is 6.88. The van der Waals surface area contributed by atoms with Crippen molar-refractivity contribution >= 4 is 35.4 Å². The summed E-state index contributed by atoms with van der Waals surface area (Å²) < 4.78 is 0. The Morgan fingerprint density at radius 2 is 1.83 bits per heavy atom. The van der Waals surface area contributed by atoms with Crippen LogP contribution in [0.4, 0.5) is 4.79 Å².